The number of hydrogen-bond donors (Lipinski definition) is 2. The average molecular weight is 271 g/mol. The van der Waals surface area contributed by atoms with Crippen molar-refractivity contribution in [2.75, 3.05) is 0 Å². The van der Waals surface area contributed by atoms with Gasteiger partial charge in [-0.3, -0.25) is 14.5 Å². The van der Waals surface area contributed by atoms with Crippen LogP contribution in [0.25, 0.3) is 0 Å². The fourth-order valence-corrected chi connectivity index (χ4v) is 1.96. The zero-order valence-electron chi connectivity index (χ0n) is 11.7. The molecule has 1 heterocycles. The van der Waals surface area contributed by atoms with Gasteiger partial charge in [0.1, 0.15) is 12.2 Å². The lowest BCUT2D eigenvalue weighted by atomic mass is 10.1. The highest BCUT2D eigenvalue weighted by Crippen LogP contribution is 2.24. The summed E-state index contributed by atoms with van der Waals surface area (Å²) in [6.07, 6.45) is -2.09. The molecule has 1 amide bonds. The van der Waals surface area contributed by atoms with E-state index in [0.29, 0.717) is 12.0 Å². The number of carbonyl (C=O) groups excluding carboxylic acids is 2. The van der Waals surface area contributed by atoms with E-state index in [1.54, 1.807) is 20.8 Å². The number of allylic oxidation sites excluding steroid dienone is 1. The van der Waals surface area contributed by atoms with Crippen LogP contribution in [-0.2, 0) is 14.3 Å². The maximum absolute atomic E-state index is 11.6. The molecule has 0 radical (unpaired) electrons. The first kappa shape index (κ1) is 15.8. The molecule has 4 unspecified atom stereocenters. The highest BCUT2D eigenvalue weighted by atomic mass is 16.6. The number of ether oxygens (including phenoxy) is 1. The maximum Gasteiger partial charge on any atom is 0.225 e. The predicted octanol–water partition coefficient (Wildman–Crippen LogP) is 0.184. The lowest BCUT2D eigenvalue weighted by Gasteiger charge is -2.26. The highest BCUT2D eigenvalue weighted by molar-refractivity contribution is 5.94. The monoisotopic (exact) mass is 271 g/mol. The van der Waals surface area contributed by atoms with Gasteiger partial charge in [-0.1, -0.05) is 6.92 Å². The first-order valence-electron chi connectivity index (χ1n) is 6.31. The van der Waals surface area contributed by atoms with Crippen molar-refractivity contribution in [3.8, 4) is 0 Å². The summed E-state index contributed by atoms with van der Waals surface area (Å²) >= 11 is 0. The van der Waals surface area contributed by atoms with Gasteiger partial charge in [-0.05, 0) is 13.8 Å². The largest absolute Gasteiger partial charge is 0.388 e. The molecule has 0 saturated carbocycles. The lowest BCUT2D eigenvalue weighted by molar-refractivity contribution is -0.142. The topological polar surface area (TPSA) is 87.1 Å². The third-order valence-corrected chi connectivity index (χ3v) is 3.21. The molecule has 0 aromatic heterocycles. The Balaban J connectivity index is 2.97. The van der Waals surface area contributed by atoms with Gasteiger partial charge in [0, 0.05) is 25.1 Å². The molecule has 0 aromatic rings. The predicted molar refractivity (Wildman–Crippen MR) is 67.9 cm³/mol. The number of rotatable bonds is 4. The standard InChI is InChI=1S/C13H21NO5/c1-5-10(16)7(2)6-14(9(4)15)13-12(18)11(17)8(3)19-13/h6,8,11-13,17-18H,5H2,1-4H3/b7-6-. The molecule has 1 aliphatic heterocycles. The van der Waals surface area contributed by atoms with Crippen LogP contribution in [0.4, 0.5) is 0 Å². The first-order valence-corrected chi connectivity index (χ1v) is 6.31. The third kappa shape index (κ3) is 3.40. The molecule has 0 spiro atoms. The zero-order valence-corrected chi connectivity index (χ0v) is 11.7. The molecule has 6 heteroatoms. The Morgan fingerprint density at radius 2 is 1.84 bits per heavy atom. The van der Waals surface area contributed by atoms with E-state index in [-0.39, 0.29) is 11.7 Å². The maximum atomic E-state index is 11.6. The zero-order chi connectivity index (χ0) is 14.7. The quantitative estimate of drug-likeness (QED) is 0.712. The van der Waals surface area contributed by atoms with Crippen LogP contribution in [0.5, 0.6) is 0 Å². The van der Waals surface area contributed by atoms with Crippen molar-refractivity contribution in [2.24, 2.45) is 0 Å². The summed E-state index contributed by atoms with van der Waals surface area (Å²) in [4.78, 5) is 24.3. The van der Waals surface area contributed by atoms with E-state index >= 15 is 0 Å². The van der Waals surface area contributed by atoms with E-state index in [0.717, 1.165) is 4.90 Å². The van der Waals surface area contributed by atoms with E-state index in [9.17, 15) is 19.8 Å². The van der Waals surface area contributed by atoms with Crippen LogP contribution < -0.4 is 0 Å². The Hall–Kier alpha value is -1.24. The summed E-state index contributed by atoms with van der Waals surface area (Å²) in [6.45, 7) is 6.25. The molecule has 0 aromatic carbocycles. The number of amides is 1. The Morgan fingerprint density at radius 3 is 2.21 bits per heavy atom. The Morgan fingerprint density at radius 1 is 1.26 bits per heavy atom. The van der Waals surface area contributed by atoms with Crippen molar-refractivity contribution in [1.29, 1.82) is 0 Å². The highest BCUT2D eigenvalue weighted by Gasteiger charge is 2.43. The second-order valence-electron chi connectivity index (χ2n) is 4.73. The molecule has 4 atom stereocenters. The molecule has 1 saturated heterocycles. The summed E-state index contributed by atoms with van der Waals surface area (Å²) in [6, 6.07) is 0. The van der Waals surface area contributed by atoms with E-state index in [4.69, 9.17) is 4.74 Å². The number of carbonyl (C=O) groups is 2. The van der Waals surface area contributed by atoms with Crippen molar-refractivity contribution in [3.05, 3.63) is 11.8 Å². The Bertz CT molecular complexity index is 392. The molecule has 1 rings (SSSR count). The van der Waals surface area contributed by atoms with Gasteiger partial charge >= 0.3 is 0 Å². The molecule has 2 N–H and O–H groups in total. The SMILES string of the molecule is CCC(=O)/C(C)=C\N(C(C)=O)C1OC(C)C(O)C1O. The van der Waals surface area contributed by atoms with Crippen LogP contribution in [0.3, 0.4) is 0 Å². The molecular weight excluding hydrogens is 250 g/mol. The first-order chi connectivity index (χ1) is 8.79. The van der Waals surface area contributed by atoms with E-state index in [1.165, 1.54) is 13.1 Å². The Kier molecular flexibility index (Phi) is 5.22. The van der Waals surface area contributed by atoms with Gasteiger partial charge in [0.05, 0.1) is 6.10 Å². The van der Waals surface area contributed by atoms with Crippen molar-refractivity contribution >= 4 is 11.7 Å². The number of ketones is 1. The van der Waals surface area contributed by atoms with Crippen molar-refractivity contribution in [2.45, 2.75) is 58.7 Å². The summed E-state index contributed by atoms with van der Waals surface area (Å²) in [7, 11) is 0. The van der Waals surface area contributed by atoms with E-state index < -0.39 is 24.5 Å². The molecule has 0 aliphatic carbocycles. The van der Waals surface area contributed by atoms with Gasteiger partial charge in [0.2, 0.25) is 5.91 Å². The van der Waals surface area contributed by atoms with Crippen molar-refractivity contribution in [3.63, 3.8) is 0 Å². The van der Waals surface area contributed by atoms with Gasteiger partial charge in [-0.15, -0.1) is 0 Å². The summed E-state index contributed by atoms with van der Waals surface area (Å²) < 4.78 is 5.37. The van der Waals surface area contributed by atoms with Gasteiger partial charge < -0.3 is 14.9 Å². The lowest BCUT2D eigenvalue weighted by Crippen LogP contribution is -2.43. The molecule has 19 heavy (non-hydrogen) atoms. The number of aliphatic hydroxyl groups is 2. The van der Waals surface area contributed by atoms with Crippen LogP contribution in [0.15, 0.2) is 11.8 Å². The molecule has 1 aliphatic rings. The van der Waals surface area contributed by atoms with E-state index in [1.807, 2.05) is 0 Å². The van der Waals surface area contributed by atoms with E-state index in [2.05, 4.69) is 0 Å². The smallest absolute Gasteiger partial charge is 0.225 e. The van der Waals surface area contributed by atoms with Crippen LogP contribution in [-0.4, -0.2) is 51.3 Å². The molecule has 108 valence electrons. The molecule has 1 fully saturated rings. The number of Topliss-reactive ketones (excluding diaryl/α,β-unsaturated/α-hetero) is 1. The van der Waals surface area contributed by atoms with Crippen molar-refractivity contribution in [1.82, 2.24) is 4.90 Å². The van der Waals surface area contributed by atoms with Gasteiger partial charge in [0.25, 0.3) is 0 Å². The number of hydrogen-bond acceptors (Lipinski definition) is 5. The summed E-state index contributed by atoms with van der Waals surface area (Å²) in [5, 5.41) is 19.5. The van der Waals surface area contributed by atoms with Crippen LogP contribution >= 0.6 is 0 Å². The third-order valence-electron chi connectivity index (χ3n) is 3.21. The molecular formula is C13H21NO5. The van der Waals surface area contributed by atoms with Crippen LogP contribution in [0.2, 0.25) is 0 Å². The fourth-order valence-electron chi connectivity index (χ4n) is 1.96. The van der Waals surface area contributed by atoms with Crippen LogP contribution in [0.1, 0.15) is 34.1 Å². The molecule has 0 bridgehead atoms. The van der Waals surface area contributed by atoms with Crippen LogP contribution in [0, 0.1) is 0 Å². The van der Waals surface area contributed by atoms with Gasteiger partial charge in [-0.2, -0.15) is 0 Å². The minimum Gasteiger partial charge on any atom is -0.388 e. The minimum atomic E-state index is -1.19. The van der Waals surface area contributed by atoms with Crippen molar-refractivity contribution < 1.29 is 24.5 Å². The summed E-state index contributed by atoms with van der Waals surface area (Å²) in [5.74, 6) is -0.457. The second-order valence-corrected chi connectivity index (χ2v) is 4.73. The average Bonchev–Trinajstić information content (AvgIpc) is 2.61. The minimum absolute atomic E-state index is 0.0904. The second kappa shape index (κ2) is 6.27. The van der Waals surface area contributed by atoms with Gasteiger partial charge in [-0.25, -0.2) is 0 Å². The fraction of sp³-hybridized carbons (Fsp3) is 0.692. The summed E-state index contributed by atoms with van der Waals surface area (Å²) in [5.41, 5.74) is 0.405. The van der Waals surface area contributed by atoms with Gasteiger partial charge in [0.15, 0.2) is 12.0 Å². The normalized spacial score (nSPS) is 31.4. The Labute approximate surface area is 112 Å². The number of aliphatic hydroxyl groups excluding tert-OH is 2. The molecule has 6 nitrogen and oxygen atoms in total. The number of nitrogens with zero attached hydrogens (tertiary/aromatic N) is 1.